The highest BCUT2D eigenvalue weighted by Crippen LogP contribution is 2.47. The standard InChI is InChI=1S/C31H28F2N6O2S/c1-17-25-15-23(37-39(25)8-7-34-17)30-27(28-21(33)13-19(32)14-26(28)41-10-9-40-3)20-6-11-42-31(20)29(36-30)18-4-5-24-22(12-18)35-16-38(24)2/h4-6,11-17,34H,7-10H2,1-3H3/t17-/m1/s1. The summed E-state index contributed by atoms with van der Waals surface area (Å²) in [6, 6.07) is 12.2. The molecule has 11 heteroatoms. The van der Waals surface area contributed by atoms with Crippen LogP contribution in [-0.4, -0.2) is 51.2 Å². The quantitative estimate of drug-likeness (QED) is 0.220. The van der Waals surface area contributed by atoms with Crippen LogP contribution in [0.3, 0.4) is 0 Å². The number of imidazole rings is 1. The predicted octanol–water partition coefficient (Wildman–Crippen LogP) is 6.35. The molecule has 0 radical (unpaired) electrons. The molecule has 1 N–H and O–H groups in total. The lowest BCUT2D eigenvalue weighted by Gasteiger charge is -2.21. The van der Waals surface area contributed by atoms with Crippen LogP contribution in [-0.2, 0) is 18.3 Å². The van der Waals surface area contributed by atoms with Crippen LogP contribution in [0.1, 0.15) is 18.7 Å². The van der Waals surface area contributed by atoms with Gasteiger partial charge in [0.1, 0.15) is 35.4 Å². The summed E-state index contributed by atoms with van der Waals surface area (Å²) in [6.45, 7) is 3.98. The number of hydrogen-bond donors (Lipinski definition) is 1. The van der Waals surface area contributed by atoms with Gasteiger partial charge in [0.05, 0.1) is 52.2 Å². The number of aryl methyl sites for hydroxylation is 1. The number of benzene rings is 2. The van der Waals surface area contributed by atoms with Gasteiger partial charge in [-0.1, -0.05) is 6.07 Å². The first-order valence-corrected chi connectivity index (χ1v) is 14.6. The smallest absolute Gasteiger partial charge is 0.137 e. The summed E-state index contributed by atoms with van der Waals surface area (Å²) in [5.74, 6) is -1.38. The van der Waals surface area contributed by atoms with Crippen LogP contribution in [0, 0.1) is 11.6 Å². The lowest BCUT2D eigenvalue weighted by molar-refractivity contribution is 0.146. The third-order valence-electron chi connectivity index (χ3n) is 7.69. The van der Waals surface area contributed by atoms with Crippen molar-refractivity contribution in [2.24, 2.45) is 7.05 Å². The molecule has 8 nitrogen and oxygen atoms in total. The molecule has 4 aromatic heterocycles. The Balaban J connectivity index is 1.53. The fraction of sp³-hybridized carbons (Fsp3) is 0.258. The van der Waals surface area contributed by atoms with Crippen LogP contribution in [0.15, 0.2) is 54.2 Å². The van der Waals surface area contributed by atoms with Crippen molar-refractivity contribution >= 4 is 32.5 Å². The Morgan fingerprint density at radius 1 is 1.07 bits per heavy atom. The predicted molar refractivity (Wildman–Crippen MR) is 160 cm³/mol. The van der Waals surface area contributed by atoms with E-state index in [1.807, 2.05) is 52.0 Å². The van der Waals surface area contributed by atoms with Gasteiger partial charge in [-0.05, 0) is 36.6 Å². The summed E-state index contributed by atoms with van der Waals surface area (Å²) in [7, 11) is 3.50. The lowest BCUT2D eigenvalue weighted by Crippen LogP contribution is -2.31. The molecule has 7 rings (SSSR count). The zero-order valence-electron chi connectivity index (χ0n) is 23.3. The van der Waals surface area contributed by atoms with Crippen LogP contribution in [0.25, 0.3) is 54.9 Å². The molecule has 0 amide bonds. The van der Waals surface area contributed by atoms with Crippen molar-refractivity contribution in [1.82, 2.24) is 29.6 Å². The molecular formula is C31H28F2N6O2S. The van der Waals surface area contributed by atoms with E-state index < -0.39 is 11.6 Å². The maximum atomic E-state index is 15.9. The van der Waals surface area contributed by atoms with Crippen molar-refractivity contribution < 1.29 is 18.3 Å². The Morgan fingerprint density at radius 2 is 1.95 bits per heavy atom. The number of aromatic nitrogens is 5. The number of ether oxygens (including phenoxy) is 2. The molecule has 0 saturated carbocycles. The number of halogens is 2. The highest BCUT2D eigenvalue weighted by atomic mass is 32.1. The van der Waals surface area contributed by atoms with Crippen molar-refractivity contribution in [2.75, 3.05) is 26.9 Å². The number of nitrogens with one attached hydrogen (secondary N) is 1. The summed E-state index contributed by atoms with van der Waals surface area (Å²) in [6.07, 6.45) is 1.78. The lowest BCUT2D eigenvalue weighted by atomic mass is 9.95. The van der Waals surface area contributed by atoms with Crippen LogP contribution >= 0.6 is 11.3 Å². The molecule has 214 valence electrons. The molecule has 5 heterocycles. The highest BCUT2D eigenvalue weighted by Gasteiger charge is 2.28. The van der Waals surface area contributed by atoms with Gasteiger partial charge in [0.2, 0.25) is 0 Å². The summed E-state index contributed by atoms with van der Waals surface area (Å²) >= 11 is 1.52. The number of fused-ring (bicyclic) bond motifs is 3. The Kier molecular flexibility index (Phi) is 6.72. The second-order valence-corrected chi connectivity index (χ2v) is 11.3. The number of rotatable bonds is 7. The number of hydrogen-bond acceptors (Lipinski definition) is 7. The number of thiophene rings is 1. The first kappa shape index (κ1) is 26.7. The fourth-order valence-corrected chi connectivity index (χ4v) is 6.57. The zero-order chi connectivity index (χ0) is 29.0. The van der Waals surface area contributed by atoms with Gasteiger partial charge < -0.3 is 19.4 Å². The minimum Gasteiger partial charge on any atom is -0.490 e. The van der Waals surface area contributed by atoms with Gasteiger partial charge in [-0.25, -0.2) is 18.7 Å². The molecule has 0 bridgehead atoms. The van der Waals surface area contributed by atoms with Crippen LogP contribution in [0.2, 0.25) is 0 Å². The molecule has 0 spiro atoms. The zero-order valence-corrected chi connectivity index (χ0v) is 24.1. The van der Waals surface area contributed by atoms with Gasteiger partial charge in [-0.15, -0.1) is 11.3 Å². The van der Waals surface area contributed by atoms with Gasteiger partial charge in [0, 0.05) is 55.4 Å². The van der Waals surface area contributed by atoms with E-state index in [-0.39, 0.29) is 30.6 Å². The largest absolute Gasteiger partial charge is 0.490 e. The van der Waals surface area contributed by atoms with E-state index in [0.717, 1.165) is 50.7 Å². The van der Waals surface area contributed by atoms with Crippen molar-refractivity contribution in [1.29, 1.82) is 0 Å². The van der Waals surface area contributed by atoms with E-state index in [4.69, 9.17) is 19.6 Å². The average Bonchev–Trinajstić information content (AvgIpc) is 3.72. The molecule has 1 aliphatic rings. The minimum absolute atomic E-state index is 0.0850. The van der Waals surface area contributed by atoms with Crippen LogP contribution in [0.5, 0.6) is 5.75 Å². The SMILES string of the molecule is COCCOc1cc(F)cc(F)c1-c1c(-c2cc3n(n2)CCN[C@@H]3C)nc(-c2ccc3c(c2)ncn3C)c2sccc12. The Hall–Kier alpha value is -4.19. The second kappa shape index (κ2) is 10.6. The van der Waals surface area contributed by atoms with E-state index in [2.05, 4.69) is 17.2 Å². The van der Waals surface area contributed by atoms with Crippen molar-refractivity contribution in [3.63, 3.8) is 0 Å². The molecule has 2 aromatic carbocycles. The van der Waals surface area contributed by atoms with Gasteiger partial charge in [0.15, 0.2) is 0 Å². The maximum absolute atomic E-state index is 15.9. The van der Waals surface area contributed by atoms with E-state index >= 15 is 4.39 Å². The third kappa shape index (κ3) is 4.44. The molecule has 0 fully saturated rings. The number of pyridine rings is 1. The van der Waals surface area contributed by atoms with Gasteiger partial charge in [0.25, 0.3) is 0 Å². The van der Waals surface area contributed by atoms with Crippen molar-refractivity contribution in [2.45, 2.75) is 19.5 Å². The summed E-state index contributed by atoms with van der Waals surface area (Å²) in [4.78, 5) is 9.75. The van der Waals surface area contributed by atoms with Gasteiger partial charge >= 0.3 is 0 Å². The van der Waals surface area contributed by atoms with E-state index in [9.17, 15) is 4.39 Å². The molecular weight excluding hydrogens is 558 g/mol. The first-order valence-electron chi connectivity index (χ1n) is 13.7. The molecule has 1 aliphatic heterocycles. The molecule has 6 aromatic rings. The summed E-state index contributed by atoms with van der Waals surface area (Å²) in [5.41, 5.74) is 6.25. The monoisotopic (exact) mass is 586 g/mol. The first-order chi connectivity index (χ1) is 20.4. The van der Waals surface area contributed by atoms with Crippen LogP contribution < -0.4 is 10.1 Å². The van der Waals surface area contributed by atoms with E-state index in [0.29, 0.717) is 23.5 Å². The van der Waals surface area contributed by atoms with Crippen molar-refractivity contribution in [3.05, 3.63) is 71.5 Å². The molecule has 0 unspecified atom stereocenters. The minimum atomic E-state index is -0.736. The van der Waals surface area contributed by atoms with Crippen LogP contribution in [0.4, 0.5) is 8.78 Å². The fourth-order valence-electron chi connectivity index (χ4n) is 5.66. The van der Waals surface area contributed by atoms with E-state index in [1.165, 1.54) is 17.4 Å². The third-order valence-corrected chi connectivity index (χ3v) is 8.62. The van der Waals surface area contributed by atoms with E-state index in [1.54, 1.807) is 13.4 Å². The Morgan fingerprint density at radius 3 is 2.79 bits per heavy atom. The average molecular weight is 587 g/mol. The normalized spacial score (nSPS) is 15.0. The van der Waals surface area contributed by atoms with Gasteiger partial charge in [-0.3, -0.25) is 4.68 Å². The van der Waals surface area contributed by atoms with Gasteiger partial charge in [-0.2, -0.15) is 5.10 Å². The maximum Gasteiger partial charge on any atom is 0.137 e. The number of methoxy groups -OCH3 is 1. The van der Waals surface area contributed by atoms with Crippen molar-refractivity contribution in [3.8, 4) is 39.5 Å². The number of nitrogens with zero attached hydrogens (tertiary/aromatic N) is 5. The molecule has 0 aliphatic carbocycles. The second-order valence-electron chi connectivity index (χ2n) is 10.4. The summed E-state index contributed by atoms with van der Waals surface area (Å²) < 4.78 is 46.3. The molecule has 1 atom stereocenters. The Bertz CT molecular complexity index is 1960. The molecule has 42 heavy (non-hydrogen) atoms. The highest BCUT2D eigenvalue weighted by molar-refractivity contribution is 7.17. The Labute approximate surface area is 244 Å². The molecule has 0 saturated heterocycles. The topological polar surface area (TPSA) is 79.0 Å². The summed E-state index contributed by atoms with van der Waals surface area (Å²) in [5, 5.41) is 11.1.